The van der Waals surface area contributed by atoms with Crippen LogP contribution in [0.1, 0.15) is 26.2 Å². The van der Waals surface area contributed by atoms with Crippen LogP contribution in [0.4, 0.5) is 5.69 Å². The number of carbonyl (C=O) groups excluding carboxylic acids is 1. The molecule has 20 heavy (non-hydrogen) atoms. The first kappa shape index (κ1) is 15.0. The fourth-order valence-electron chi connectivity index (χ4n) is 2.61. The lowest BCUT2D eigenvalue weighted by molar-refractivity contribution is -0.115. The first-order valence-electron chi connectivity index (χ1n) is 7.55. The maximum atomic E-state index is 11.8. The highest BCUT2D eigenvalue weighted by atomic mass is 16.1. The molecule has 1 atom stereocenters. The van der Waals surface area contributed by atoms with E-state index in [-0.39, 0.29) is 5.91 Å². The maximum absolute atomic E-state index is 11.8. The number of para-hydroxylation sites is 1. The number of nitrogens with zero attached hydrogens (tertiary/aromatic N) is 1. The molecule has 0 aromatic heterocycles. The molecule has 0 saturated carbocycles. The van der Waals surface area contributed by atoms with Gasteiger partial charge in [-0.05, 0) is 45.0 Å². The Morgan fingerprint density at radius 3 is 2.60 bits per heavy atom. The zero-order valence-corrected chi connectivity index (χ0v) is 12.3. The second-order valence-electron chi connectivity index (χ2n) is 5.49. The number of carbonyl (C=O) groups is 1. The van der Waals surface area contributed by atoms with Crippen LogP contribution in [-0.4, -0.2) is 43.0 Å². The largest absolute Gasteiger partial charge is 0.325 e. The van der Waals surface area contributed by atoms with Gasteiger partial charge in [-0.3, -0.25) is 9.69 Å². The Balaban J connectivity index is 1.63. The fourth-order valence-corrected chi connectivity index (χ4v) is 2.61. The highest BCUT2D eigenvalue weighted by molar-refractivity contribution is 5.92. The van der Waals surface area contributed by atoms with Crippen molar-refractivity contribution in [3.8, 4) is 0 Å². The molecule has 1 saturated heterocycles. The first-order valence-corrected chi connectivity index (χ1v) is 7.55. The molecular weight excluding hydrogens is 250 g/mol. The van der Waals surface area contributed by atoms with Gasteiger partial charge in [-0.25, -0.2) is 0 Å². The molecule has 0 spiro atoms. The number of benzene rings is 1. The van der Waals surface area contributed by atoms with Crippen molar-refractivity contribution >= 4 is 11.6 Å². The summed E-state index contributed by atoms with van der Waals surface area (Å²) in [7, 11) is 0. The number of hydrogen-bond donors (Lipinski definition) is 2. The van der Waals surface area contributed by atoms with Gasteiger partial charge in [0.15, 0.2) is 0 Å². The minimum atomic E-state index is 0.0158. The highest BCUT2D eigenvalue weighted by Crippen LogP contribution is 2.11. The molecule has 1 heterocycles. The van der Waals surface area contributed by atoms with Gasteiger partial charge in [-0.1, -0.05) is 24.6 Å². The minimum Gasteiger partial charge on any atom is -0.325 e. The lowest BCUT2D eigenvalue weighted by Gasteiger charge is -2.32. The summed E-state index contributed by atoms with van der Waals surface area (Å²) in [6.45, 7) is 5.85. The van der Waals surface area contributed by atoms with Crippen LogP contribution in [0.25, 0.3) is 0 Å². The van der Waals surface area contributed by atoms with Gasteiger partial charge in [0, 0.05) is 18.3 Å². The maximum Gasteiger partial charge on any atom is 0.238 e. The van der Waals surface area contributed by atoms with E-state index in [0.717, 1.165) is 12.2 Å². The standard InChI is InChI=1S/C16H25N3O/c1-14(19-10-6-3-7-11-19)12-17-13-16(20)18-15-8-4-2-5-9-15/h2,4-5,8-9,14,17H,3,6-7,10-13H2,1H3,(H,18,20). The summed E-state index contributed by atoms with van der Waals surface area (Å²) in [5, 5.41) is 6.13. The third-order valence-electron chi connectivity index (χ3n) is 3.80. The third-order valence-corrected chi connectivity index (χ3v) is 3.80. The topological polar surface area (TPSA) is 44.4 Å². The summed E-state index contributed by atoms with van der Waals surface area (Å²) in [6.07, 6.45) is 3.97. The summed E-state index contributed by atoms with van der Waals surface area (Å²) < 4.78 is 0. The van der Waals surface area contributed by atoms with Crippen molar-refractivity contribution < 1.29 is 4.79 Å². The zero-order valence-electron chi connectivity index (χ0n) is 12.3. The minimum absolute atomic E-state index is 0.0158. The van der Waals surface area contributed by atoms with Crippen molar-refractivity contribution in [3.05, 3.63) is 30.3 Å². The van der Waals surface area contributed by atoms with Gasteiger partial charge in [0.25, 0.3) is 0 Å². The molecule has 1 aromatic rings. The average Bonchev–Trinajstić information content (AvgIpc) is 2.49. The lowest BCUT2D eigenvalue weighted by Crippen LogP contribution is -2.44. The van der Waals surface area contributed by atoms with Crippen LogP contribution in [0, 0.1) is 0 Å². The molecule has 1 aliphatic heterocycles. The predicted molar refractivity (Wildman–Crippen MR) is 82.8 cm³/mol. The summed E-state index contributed by atoms with van der Waals surface area (Å²) in [4.78, 5) is 14.3. The van der Waals surface area contributed by atoms with Crippen molar-refractivity contribution in [2.24, 2.45) is 0 Å². The van der Waals surface area contributed by atoms with E-state index in [9.17, 15) is 4.79 Å². The molecular formula is C16H25N3O. The van der Waals surface area contributed by atoms with Crippen molar-refractivity contribution in [1.82, 2.24) is 10.2 Å². The van der Waals surface area contributed by atoms with Crippen molar-refractivity contribution in [1.29, 1.82) is 0 Å². The van der Waals surface area contributed by atoms with Gasteiger partial charge in [0.1, 0.15) is 0 Å². The van der Waals surface area contributed by atoms with Gasteiger partial charge in [-0.2, -0.15) is 0 Å². The lowest BCUT2D eigenvalue weighted by atomic mass is 10.1. The molecule has 2 N–H and O–H groups in total. The number of amides is 1. The second-order valence-corrected chi connectivity index (χ2v) is 5.49. The molecule has 1 unspecified atom stereocenters. The summed E-state index contributed by atoms with van der Waals surface area (Å²) in [5.74, 6) is 0.0158. The summed E-state index contributed by atoms with van der Waals surface area (Å²) >= 11 is 0. The Labute approximate surface area is 121 Å². The van der Waals surface area contributed by atoms with E-state index in [4.69, 9.17) is 0 Å². The van der Waals surface area contributed by atoms with Crippen molar-refractivity contribution in [2.45, 2.75) is 32.2 Å². The predicted octanol–water partition coefficient (Wildman–Crippen LogP) is 2.09. The van der Waals surface area contributed by atoms with Gasteiger partial charge in [-0.15, -0.1) is 0 Å². The van der Waals surface area contributed by atoms with Crippen molar-refractivity contribution in [2.75, 3.05) is 31.5 Å². The summed E-state index contributed by atoms with van der Waals surface area (Å²) in [6, 6.07) is 10.1. The van der Waals surface area contributed by atoms with Crippen LogP contribution in [0.15, 0.2) is 30.3 Å². The Morgan fingerprint density at radius 2 is 1.90 bits per heavy atom. The molecule has 0 radical (unpaired) electrons. The molecule has 110 valence electrons. The van der Waals surface area contributed by atoms with Crippen LogP contribution in [0.5, 0.6) is 0 Å². The van der Waals surface area contributed by atoms with Crippen LogP contribution < -0.4 is 10.6 Å². The normalized spacial score (nSPS) is 17.6. The fraction of sp³-hybridized carbons (Fsp3) is 0.562. The SMILES string of the molecule is CC(CNCC(=O)Nc1ccccc1)N1CCCCC1. The zero-order chi connectivity index (χ0) is 14.2. The average molecular weight is 275 g/mol. The molecule has 2 rings (SSSR count). The third kappa shape index (κ3) is 4.94. The molecule has 0 aliphatic carbocycles. The second kappa shape index (κ2) is 8.02. The molecule has 1 aliphatic rings. The Kier molecular flexibility index (Phi) is 6.02. The number of rotatable bonds is 6. The Hall–Kier alpha value is -1.39. The van der Waals surface area contributed by atoms with Crippen LogP contribution >= 0.6 is 0 Å². The van der Waals surface area contributed by atoms with Crippen molar-refractivity contribution in [3.63, 3.8) is 0 Å². The van der Waals surface area contributed by atoms with E-state index in [0.29, 0.717) is 12.6 Å². The first-order chi connectivity index (χ1) is 9.75. The number of anilines is 1. The van der Waals surface area contributed by atoms with Gasteiger partial charge in [0.05, 0.1) is 6.54 Å². The van der Waals surface area contributed by atoms with E-state index in [1.54, 1.807) is 0 Å². The highest BCUT2D eigenvalue weighted by Gasteiger charge is 2.16. The quantitative estimate of drug-likeness (QED) is 0.835. The number of likely N-dealkylation sites (tertiary alicyclic amines) is 1. The summed E-state index contributed by atoms with van der Waals surface area (Å²) in [5.41, 5.74) is 0.850. The Morgan fingerprint density at radius 1 is 1.20 bits per heavy atom. The van der Waals surface area contributed by atoms with Gasteiger partial charge >= 0.3 is 0 Å². The molecule has 4 nitrogen and oxygen atoms in total. The number of hydrogen-bond acceptors (Lipinski definition) is 3. The van der Waals surface area contributed by atoms with E-state index in [1.807, 2.05) is 30.3 Å². The smallest absolute Gasteiger partial charge is 0.238 e. The molecule has 1 aromatic carbocycles. The number of nitrogens with one attached hydrogen (secondary N) is 2. The monoisotopic (exact) mass is 275 g/mol. The van der Waals surface area contributed by atoms with E-state index >= 15 is 0 Å². The van der Waals surface area contributed by atoms with Crippen LogP contribution in [0.3, 0.4) is 0 Å². The molecule has 4 heteroatoms. The number of piperidine rings is 1. The molecule has 0 bridgehead atoms. The van der Waals surface area contributed by atoms with Gasteiger partial charge < -0.3 is 10.6 Å². The Bertz CT molecular complexity index is 401. The van der Waals surface area contributed by atoms with E-state index in [2.05, 4.69) is 22.5 Å². The van der Waals surface area contributed by atoms with E-state index < -0.39 is 0 Å². The van der Waals surface area contributed by atoms with Crippen LogP contribution in [0.2, 0.25) is 0 Å². The van der Waals surface area contributed by atoms with Gasteiger partial charge in [0.2, 0.25) is 5.91 Å². The van der Waals surface area contributed by atoms with E-state index in [1.165, 1.54) is 32.4 Å². The molecule has 1 amide bonds. The molecule has 1 fully saturated rings. The van der Waals surface area contributed by atoms with Crippen LogP contribution in [-0.2, 0) is 4.79 Å².